The molecule has 0 aromatic rings. The Morgan fingerprint density at radius 1 is 1.40 bits per heavy atom. The standard InChI is InChI=1S/C9H19NO4S/c1-8(2,3)14-7(11)10-9(4)5-15(12,13)6-9/h12-13H,5-6H2,1-4H3,(H,10,11)/p-2. The summed E-state index contributed by atoms with van der Waals surface area (Å²) < 4.78 is 27.0. The summed E-state index contributed by atoms with van der Waals surface area (Å²) in [5, 5.41) is 2.56. The van der Waals surface area contributed by atoms with Crippen molar-refractivity contribution >= 4 is 16.7 Å². The summed E-state index contributed by atoms with van der Waals surface area (Å²) in [5.74, 6) is -0.0293. The van der Waals surface area contributed by atoms with Crippen molar-refractivity contribution in [2.24, 2.45) is 0 Å². The van der Waals surface area contributed by atoms with Gasteiger partial charge in [0.2, 0.25) is 0 Å². The quantitative estimate of drug-likeness (QED) is 0.743. The number of hydrogen-bond donors (Lipinski definition) is 1. The van der Waals surface area contributed by atoms with Crippen LogP contribution in [0.25, 0.3) is 0 Å². The lowest BCUT2D eigenvalue weighted by molar-refractivity contribution is 0.0474. The molecule has 1 aliphatic heterocycles. The number of ether oxygens (including phenoxy) is 1. The third-order valence-electron chi connectivity index (χ3n) is 1.88. The SMILES string of the molecule is CC1(NC(=O)OC(C)(C)C)CS([O-])([O-])C1. The number of sulfone groups is 1. The molecule has 0 radical (unpaired) electrons. The van der Waals surface area contributed by atoms with E-state index in [2.05, 4.69) is 5.32 Å². The van der Waals surface area contributed by atoms with Gasteiger partial charge in [-0.15, -0.1) is 0 Å². The molecule has 90 valence electrons. The van der Waals surface area contributed by atoms with Crippen LogP contribution in [0.3, 0.4) is 0 Å². The lowest BCUT2D eigenvalue weighted by atomic mass is 10.1. The average Bonchev–Trinajstić information content (AvgIpc) is 1.73. The zero-order valence-electron chi connectivity index (χ0n) is 9.46. The third-order valence-corrected chi connectivity index (χ3v) is 4.03. The highest BCUT2D eigenvalue weighted by Gasteiger charge is 2.37. The van der Waals surface area contributed by atoms with Crippen molar-refractivity contribution in [3.8, 4) is 0 Å². The molecule has 1 aliphatic rings. The van der Waals surface area contributed by atoms with Gasteiger partial charge in [-0.3, -0.25) is 0 Å². The monoisotopic (exact) mass is 235 g/mol. The number of rotatable bonds is 1. The van der Waals surface area contributed by atoms with Crippen LogP contribution >= 0.6 is 10.6 Å². The molecule has 15 heavy (non-hydrogen) atoms. The van der Waals surface area contributed by atoms with Crippen molar-refractivity contribution in [2.75, 3.05) is 11.5 Å². The van der Waals surface area contributed by atoms with Gasteiger partial charge in [0.1, 0.15) is 5.60 Å². The van der Waals surface area contributed by atoms with Gasteiger partial charge < -0.3 is 29.7 Å². The first-order valence-corrected chi connectivity index (χ1v) is 6.55. The van der Waals surface area contributed by atoms with E-state index in [1.807, 2.05) is 0 Å². The van der Waals surface area contributed by atoms with E-state index in [1.54, 1.807) is 27.7 Å². The topological polar surface area (TPSA) is 84.5 Å². The minimum absolute atomic E-state index is 0.0146. The normalized spacial score (nSPS) is 24.9. The Morgan fingerprint density at radius 2 is 1.87 bits per heavy atom. The zero-order chi connectivity index (χ0) is 11.9. The second-order valence-corrected chi connectivity index (χ2v) is 7.28. The van der Waals surface area contributed by atoms with Gasteiger partial charge in [0.15, 0.2) is 0 Å². The summed E-state index contributed by atoms with van der Waals surface area (Å²) in [6.45, 7) is 6.96. The second-order valence-electron chi connectivity index (χ2n) is 5.22. The molecule has 1 saturated heterocycles. The predicted molar refractivity (Wildman–Crippen MR) is 56.7 cm³/mol. The molecule has 5 nitrogen and oxygen atoms in total. The van der Waals surface area contributed by atoms with E-state index in [0.29, 0.717) is 0 Å². The summed E-state index contributed by atoms with van der Waals surface area (Å²) in [5.41, 5.74) is -1.23. The van der Waals surface area contributed by atoms with Crippen LogP contribution in [0.15, 0.2) is 0 Å². The van der Waals surface area contributed by atoms with Gasteiger partial charge in [0.05, 0.1) is 5.54 Å². The summed E-state index contributed by atoms with van der Waals surface area (Å²) in [6, 6.07) is 0. The van der Waals surface area contributed by atoms with Gasteiger partial charge in [-0.25, -0.2) is 4.79 Å². The van der Waals surface area contributed by atoms with Gasteiger partial charge in [-0.1, -0.05) is 0 Å². The van der Waals surface area contributed by atoms with Crippen molar-refractivity contribution < 1.29 is 18.6 Å². The average molecular weight is 235 g/mol. The first-order valence-electron chi connectivity index (χ1n) is 4.73. The van der Waals surface area contributed by atoms with Crippen LogP contribution in [0.2, 0.25) is 0 Å². The van der Waals surface area contributed by atoms with E-state index in [9.17, 15) is 13.9 Å². The molecule has 0 aromatic heterocycles. The van der Waals surface area contributed by atoms with Crippen molar-refractivity contribution in [1.82, 2.24) is 5.32 Å². The Kier molecular flexibility index (Phi) is 2.97. The van der Waals surface area contributed by atoms with Gasteiger partial charge >= 0.3 is 6.09 Å². The van der Waals surface area contributed by atoms with E-state index in [-0.39, 0.29) is 11.5 Å². The van der Waals surface area contributed by atoms with Crippen LogP contribution in [-0.2, 0) is 4.74 Å². The Balaban J connectivity index is 2.41. The maximum Gasteiger partial charge on any atom is 0.408 e. The highest BCUT2D eigenvalue weighted by molar-refractivity contribution is 8.25. The molecule has 1 fully saturated rings. The van der Waals surface area contributed by atoms with Gasteiger partial charge in [-0.2, -0.15) is 0 Å². The molecule has 0 saturated carbocycles. The van der Waals surface area contributed by atoms with Crippen molar-refractivity contribution in [3.05, 3.63) is 0 Å². The highest BCUT2D eigenvalue weighted by atomic mass is 32.3. The highest BCUT2D eigenvalue weighted by Crippen LogP contribution is 2.53. The fourth-order valence-corrected chi connectivity index (χ4v) is 3.55. The van der Waals surface area contributed by atoms with E-state index in [0.717, 1.165) is 0 Å². The maximum absolute atomic E-state index is 11.3. The Labute approximate surface area is 91.5 Å². The van der Waals surface area contributed by atoms with Crippen LogP contribution in [0.5, 0.6) is 0 Å². The zero-order valence-corrected chi connectivity index (χ0v) is 10.3. The van der Waals surface area contributed by atoms with Crippen molar-refractivity contribution in [3.63, 3.8) is 0 Å². The van der Waals surface area contributed by atoms with Gasteiger partial charge in [0.25, 0.3) is 0 Å². The van der Waals surface area contributed by atoms with E-state index < -0.39 is 27.8 Å². The van der Waals surface area contributed by atoms with Crippen LogP contribution in [-0.4, -0.2) is 37.8 Å². The minimum atomic E-state index is -2.95. The smallest absolute Gasteiger partial charge is 0.408 e. The molecule has 0 aliphatic carbocycles. The molecule has 0 bridgehead atoms. The molecule has 6 heteroatoms. The molecule has 1 heterocycles. The summed E-state index contributed by atoms with van der Waals surface area (Å²) in [7, 11) is -2.95. The minimum Gasteiger partial charge on any atom is -0.800 e. The van der Waals surface area contributed by atoms with Crippen LogP contribution < -0.4 is 5.32 Å². The summed E-state index contributed by atoms with van der Waals surface area (Å²) in [6.07, 6.45) is -0.570. The van der Waals surface area contributed by atoms with Crippen LogP contribution in [0, 0.1) is 0 Å². The predicted octanol–water partition coefficient (Wildman–Crippen LogP) is 1.35. The number of hydrogen-bond acceptors (Lipinski definition) is 4. The van der Waals surface area contributed by atoms with Gasteiger partial charge in [-0.05, 0) is 39.2 Å². The molecule has 0 spiro atoms. The number of amides is 1. The fraction of sp³-hybridized carbons (Fsp3) is 0.889. The number of alkyl carbamates (subject to hydrolysis) is 1. The summed E-state index contributed by atoms with van der Waals surface area (Å²) in [4.78, 5) is 11.3. The first-order chi connectivity index (χ1) is 6.52. The largest absolute Gasteiger partial charge is 0.800 e. The van der Waals surface area contributed by atoms with Crippen LogP contribution in [0.4, 0.5) is 4.79 Å². The second kappa shape index (κ2) is 3.54. The van der Waals surface area contributed by atoms with Crippen molar-refractivity contribution in [1.29, 1.82) is 0 Å². The number of carbonyl (C=O) groups excluding carboxylic acids is 1. The molecule has 0 unspecified atom stereocenters. The van der Waals surface area contributed by atoms with Crippen molar-refractivity contribution in [2.45, 2.75) is 38.8 Å². The van der Waals surface area contributed by atoms with Crippen LogP contribution in [0.1, 0.15) is 27.7 Å². The maximum atomic E-state index is 11.3. The Bertz CT molecular complexity index is 264. The Hall–Kier alpha value is -0.460. The lowest BCUT2D eigenvalue weighted by Crippen LogP contribution is -2.61. The molecular weight excluding hydrogens is 218 g/mol. The number of nitrogens with one attached hydrogen (secondary N) is 1. The molecule has 1 amide bonds. The Morgan fingerprint density at radius 3 is 2.20 bits per heavy atom. The molecular formula is C9H17NO4S-2. The fourth-order valence-electron chi connectivity index (χ4n) is 1.55. The molecule has 0 atom stereocenters. The number of carbonyl (C=O) groups is 1. The van der Waals surface area contributed by atoms with E-state index in [4.69, 9.17) is 4.74 Å². The van der Waals surface area contributed by atoms with E-state index in [1.165, 1.54) is 0 Å². The lowest BCUT2D eigenvalue weighted by Gasteiger charge is -2.74. The third kappa shape index (κ3) is 3.89. The van der Waals surface area contributed by atoms with E-state index >= 15 is 0 Å². The first kappa shape index (κ1) is 12.6. The molecule has 1 rings (SSSR count). The molecule has 1 N–H and O–H groups in total. The van der Waals surface area contributed by atoms with Gasteiger partial charge in [0, 0.05) is 0 Å². The molecule has 0 aromatic carbocycles. The summed E-state index contributed by atoms with van der Waals surface area (Å²) >= 11 is 0.